The normalized spacial score (nSPS) is 14.7. The minimum absolute atomic E-state index is 0.129. The van der Waals surface area contributed by atoms with Crippen LogP contribution >= 0.6 is 0 Å². The molecule has 0 spiro atoms. The molecule has 10 heteroatoms. The average molecular weight is 540 g/mol. The number of nitrogens with two attached hydrogens (primary N) is 2. The summed E-state index contributed by atoms with van der Waals surface area (Å²) in [5.74, 6) is -1.70. The van der Waals surface area contributed by atoms with Crippen LogP contribution in [0.25, 0.3) is 11.1 Å². The van der Waals surface area contributed by atoms with Crippen molar-refractivity contribution in [2.24, 2.45) is 10.7 Å². The molecule has 0 saturated carbocycles. The predicted molar refractivity (Wildman–Crippen MR) is 152 cm³/mol. The topological polar surface area (TPSA) is 115 Å². The quantitative estimate of drug-likeness (QED) is 0.186. The van der Waals surface area contributed by atoms with E-state index in [9.17, 15) is 13.6 Å². The summed E-state index contributed by atoms with van der Waals surface area (Å²) < 4.78 is 38.8. The van der Waals surface area contributed by atoms with Gasteiger partial charge in [-0.05, 0) is 55.8 Å². The van der Waals surface area contributed by atoms with E-state index in [1.54, 1.807) is 6.07 Å². The van der Waals surface area contributed by atoms with Crippen molar-refractivity contribution in [1.29, 1.82) is 0 Å². The molecule has 208 valence electrons. The number of nitrogen functional groups attached to an aromatic ring is 1. The number of nitrogens with one attached hydrogen (secondary N) is 1. The van der Waals surface area contributed by atoms with Crippen LogP contribution in [0.5, 0.6) is 11.5 Å². The zero-order chi connectivity index (χ0) is 28.7. The number of hydrogen-bond donors (Lipinski definition) is 3. The molecule has 0 radical (unpaired) electrons. The number of amidine groups is 1. The van der Waals surface area contributed by atoms with Crippen molar-refractivity contribution in [3.63, 3.8) is 0 Å². The van der Waals surface area contributed by atoms with Crippen molar-refractivity contribution in [3.8, 4) is 22.6 Å². The third-order valence-corrected chi connectivity index (χ3v) is 6.40. The van der Waals surface area contributed by atoms with E-state index in [0.717, 1.165) is 37.6 Å². The third kappa shape index (κ3) is 6.83. The van der Waals surface area contributed by atoms with Crippen LogP contribution in [0.4, 0.5) is 20.2 Å². The van der Waals surface area contributed by atoms with E-state index in [0.29, 0.717) is 5.56 Å². The van der Waals surface area contributed by atoms with Gasteiger partial charge in [-0.25, -0.2) is 8.78 Å². The number of hydrogen-bond acceptors (Lipinski definition) is 7. The molecule has 0 aliphatic carbocycles. The number of rotatable bonds is 6. The number of carbonyl (C=O) groups is 1. The van der Waals surface area contributed by atoms with Gasteiger partial charge in [0.15, 0.2) is 23.1 Å². The van der Waals surface area contributed by atoms with Gasteiger partial charge in [0, 0.05) is 60.8 Å². The second-order valence-corrected chi connectivity index (χ2v) is 9.64. The summed E-state index contributed by atoms with van der Waals surface area (Å²) in [6.45, 7) is 7.43. The third-order valence-electron chi connectivity index (χ3n) is 6.40. The number of methoxy groups -OCH3 is 2. The second kappa shape index (κ2) is 12.6. The molecular weight excluding hydrogens is 504 g/mol. The molecule has 0 aromatic heterocycles. The number of piperazine rings is 1. The highest BCUT2D eigenvalue weighted by Crippen LogP contribution is 2.38. The standard InChI is InChI=1S/C16H17F2N3O2.C13H18N2O/c1-21-16(20)9-5-4-8(6-10(9)19)13-14(17)11(22-2)7-12(23-3)15(13)18;1-13(2)10-15(8-7-14-13)12-5-3-11(9-16)4-6-12/h4-7H,19H2,1-3H3,(H2,20,21);3-6,9,14H,7-8,10H2,1-2H3. The largest absolute Gasteiger partial charge is 0.494 e. The number of carbonyl (C=O) groups excluding carboxylic acids is 1. The van der Waals surface area contributed by atoms with Crippen molar-refractivity contribution in [2.75, 3.05) is 51.5 Å². The number of anilines is 2. The number of nitrogens with zero attached hydrogens (tertiary/aromatic N) is 2. The molecule has 8 nitrogen and oxygen atoms in total. The summed E-state index contributed by atoms with van der Waals surface area (Å²) in [7, 11) is 4.10. The van der Waals surface area contributed by atoms with Crippen LogP contribution in [-0.2, 0) is 0 Å². The molecule has 3 aromatic carbocycles. The second-order valence-electron chi connectivity index (χ2n) is 9.64. The van der Waals surface area contributed by atoms with E-state index in [-0.39, 0.29) is 39.7 Å². The van der Waals surface area contributed by atoms with Crippen molar-refractivity contribution < 1.29 is 23.0 Å². The Morgan fingerprint density at radius 2 is 1.67 bits per heavy atom. The maximum Gasteiger partial charge on any atom is 0.176 e. The number of aliphatic imine (C=N–C) groups is 1. The lowest BCUT2D eigenvalue weighted by Gasteiger charge is -2.40. The van der Waals surface area contributed by atoms with Gasteiger partial charge in [0.1, 0.15) is 12.1 Å². The molecule has 1 aliphatic rings. The summed E-state index contributed by atoms with van der Waals surface area (Å²) in [5.41, 5.74) is 14.4. The lowest BCUT2D eigenvalue weighted by molar-refractivity contribution is 0.112. The van der Waals surface area contributed by atoms with E-state index in [1.807, 2.05) is 24.3 Å². The highest BCUT2D eigenvalue weighted by Gasteiger charge is 2.25. The van der Waals surface area contributed by atoms with Crippen molar-refractivity contribution in [3.05, 3.63) is 71.3 Å². The molecule has 0 atom stereocenters. The van der Waals surface area contributed by atoms with E-state index >= 15 is 0 Å². The van der Waals surface area contributed by atoms with Crippen molar-refractivity contribution in [1.82, 2.24) is 5.32 Å². The molecule has 39 heavy (non-hydrogen) atoms. The first-order valence-corrected chi connectivity index (χ1v) is 12.3. The SMILES string of the molecule is CC1(C)CN(c2ccc(C=O)cc2)CCN1.CN=C(N)c1ccc(-c2c(F)c(OC)cc(OC)c2F)cc1N. The van der Waals surface area contributed by atoms with Crippen LogP contribution in [0.2, 0.25) is 0 Å². The number of halogens is 2. The van der Waals surface area contributed by atoms with Crippen LogP contribution in [0.1, 0.15) is 29.8 Å². The van der Waals surface area contributed by atoms with Gasteiger partial charge in [0.25, 0.3) is 0 Å². The van der Waals surface area contributed by atoms with Crippen LogP contribution in [0.15, 0.2) is 53.5 Å². The molecule has 1 saturated heterocycles. The van der Waals surface area contributed by atoms with Gasteiger partial charge in [-0.2, -0.15) is 0 Å². The maximum absolute atomic E-state index is 14.5. The first kappa shape index (κ1) is 29.4. The van der Waals surface area contributed by atoms with E-state index in [2.05, 4.69) is 29.1 Å². The Kier molecular flexibility index (Phi) is 9.47. The highest BCUT2D eigenvalue weighted by atomic mass is 19.1. The number of ether oxygens (including phenoxy) is 2. The predicted octanol–water partition coefficient (Wildman–Crippen LogP) is 4.25. The van der Waals surface area contributed by atoms with Gasteiger partial charge in [0.05, 0.1) is 19.8 Å². The Morgan fingerprint density at radius 3 is 2.15 bits per heavy atom. The minimum Gasteiger partial charge on any atom is -0.494 e. The maximum atomic E-state index is 14.5. The van der Waals surface area contributed by atoms with Gasteiger partial charge in [0.2, 0.25) is 0 Å². The lowest BCUT2D eigenvalue weighted by Crippen LogP contribution is -2.57. The summed E-state index contributed by atoms with van der Waals surface area (Å²) in [6, 6.07) is 13.4. The smallest absolute Gasteiger partial charge is 0.176 e. The van der Waals surface area contributed by atoms with Gasteiger partial charge >= 0.3 is 0 Å². The van der Waals surface area contributed by atoms with Crippen LogP contribution in [0.3, 0.4) is 0 Å². The first-order valence-electron chi connectivity index (χ1n) is 12.3. The fraction of sp³-hybridized carbons (Fsp3) is 0.310. The van der Waals surface area contributed by atoms with E-state index in [1.165, 1.54) is 39.1 Å². The van der Waals surface area contributed by atoms with Gasteiger partial charge < -0.3 is 31.2 Å². The molecular formula is C29H35F2N5O3. The minimum atomic E-state index is -0.838. The highest BCUT2D eigenvalue weighted by molar-refractivity contribution is 6.02. The molecule has 5 N–H and O–H groups in total. The Bertz CT molecular complexity index is 1320. The molecule has 0 bridgehead atoms. The Hall–Kier alpha value is -4.18. The van der Waals surface area contributed by atoms with Gasteiger partial charge in [-0.15, -0.1) is 0 Å². The van der Waals surface area contributed by atoms with Gasteiger partial charge in [-0.1, -0.05) is 6.07 Å². The van der Waals surface area contributed by atoms with E-state index < -0.39 is 11.6 Å². The monoisotopic (exact) mass is 539 g/mol. The molecule has 4 rings (SSSR count). The van der Waals surface area contributed by atoms with Crippen molar-refractivity contribution >= 4 is 23.5 Å². The van der Waals surface area contributed by atoms with Crippen LogP contribution in [-0.4, -0.2) is 58.6 Å². The summed E-state index contributed by atoms with van der Waals surface area (Å²) in [6.07, 6.45) is 0.880. The van der Waals surface area contributed by atoms with E-state index in [4.69, 9.17) is 20.9 Å². The van der Waals surface area contributed by atoms with Gasteiger partial charge in [-0.3, -0.25) is 9.79 Å². The molecule has 1 fully saturated rings. The van der Waals surface area contributed by atoms with Crippen LogP contribution < -0.4 is 31.2 Å². The molecule has 1 heterocycles. The number of aldehydes is 1. The fourth-order valence-electron chi connectivity index (χ4n) is 4.34. The molecule has 0 unspecified atom stereocenters. The summed E-state index contributed by atoms with van der Waals surface area (Å²) in [4.78, 5) is 16.8. The molecule has 1 aliphatic heterocycles. The Balaban J connectivity index is 0.000000230. The number of benzene rings is 3. The van der Waals surface area contributed by atoms with Crippen molar-refractivity contribution in [2.45, 2.75) is 19.4 Å². The molecule has 3 aromatic rings. The Labute approximate surface area is 227 Å². The molecule has 0 amide bonds. The Morgan fingerprint density at radius 1 is 1.05 bits per heavy atom. The summed E-state index contributed by atoms with van der Waals surface area (Å²) in [5, 5.41) is 3.48. The lowest BCUT2D eigenvalue weighted by atomic mass is 10.00. The zero-order valence-electron chi connectivity index (χ0n) is 22.8. The van der Waals surface area contributed by atoms with Crippen LogP contribution in [0, 0.1) is 11.6 Å². The summed E-state index contributed by atoms with van der Waals surface area (Å²) >= 11 is 0. The first-order chi connectivity index (χ1) is 18.5. The fourth-order valence-corrected chi connectivity index (χ4v) is 4.34. The average Bonchev–Trinajstić information content (AvgIpc) is 2.93. The zero-order valence-corrected chi connectivity index (χ0v) is 22.8.